The van der Waals surface area contributed by atoms with Gasteiger partial charge in [-0.25, -0.2) is 4.98 Å². The minimum absolute atomic E-state index is 0.0418. The summed E-state index contributed by atoms with van der Waals surface area (Å²) in [5.41, 5.74) is 3.04. The summed E-state index contributed by atoms with van der Waals surface area (Å²) in [5, 5.41) is 4.96. The number of fused-ring (bicyclic) bond motifs is 1. The summed E-state index contributed by atoms with van der Waals surface area (Å²) in [7, 11) is 0. The van der Waals surface area contributed by atoms with Gasteiger partial charge in [0.2, 0.25) is 0 Å². The maximum absolute atomic E-state index is 12.7. The lowest BCUT2D eigenvalue weighted by atomic mass is 10.1. The van der Waals surface area contributed by atoms with Crippen LogP contribution in [0.5, 0.6) is 0 Å². The van der Waals surface area contributed by atoms with Gasteiger partial charge in [-0.1, -0.05) is 6.07 Å². The minimum atomic E-state index is -2.68. The number of aryl methyl sites for hydroxylation is 2. The molecule has 0 aliphatic heterocycles. The van der Waals surface area contributed by atoms with Gasteiger partial charge in [-0.15, -0.1) is 0 Å². The van der Waals surface area contributed by atoms with E-state index in [1.165, 1.54) is 23.5 Å². The number of imidazole rings is 1. The molecule has 0 spiro atoms. The number of carbonyl (C=O) groups is 2. The molecule has 2 aromatic rings. The molecule has 1 aromatic carbocycles. The summed E-state index contributed by atoms with van der Waals surface area (Å²) in [4.78, 5) is 27.6. The van der Waals surface area contributed by atoms with Crippen LogP contribution in [-0.4, -0.2) is 27.9 Å². The van der Waals surface area contributed by atoms with Gasteiger partial charge in [-0.2, -0.15) is 8.78 Å². The number of amides is 2. The molecule has 132 valence electrons. The van der Waals surface area contributed by atoms with Crippen LogP contribution in [0.4, 0.5) is 14.5 Å². The number of alkyl halides is 2. The first-order chi connectivity index (χ1) is 12.0. The average molecular weight is 348 g/mol. The Morgan fingerprint density at radius 2 is 2.00 bits per heavy atom. The fourth-order valence-corrected chi connectivity index (χ4v) is 2.92. The van der Waals surface area contributed by atoms with E-state index in [1.54, 1.807) is 6.07 Å². The van der Waals surface area contributed by atoms with E-state index in [2.05, 4.69) is 15.6 Å². The third-order valence-corrected chi connectivity index (χ3v) is 4.16. The van der Waals surface area contributed by atoms with Crippen molar-refractivity contribution in [3.63, 3.8) is 0 Å². The fraction of sp³-hybridized carbons (Fsp3) is 0.353. The lowest BCUT2D eigenvalue weighted by Crippen LogP contribution is -2.36. The molecular weight excluding hydrogens is 330 g/mol. The van der Waals surface area contributed by atoms with Crippen molar-refractivity contribution >= 4 is 17.5 Å². The van der Waals surface area contributed by atoms with Crippen molar-refractivity contribution in [3.8, 4) is 0 Å². The first-order valence-electron chi connectivity index (χ1n) is 8.05. The zero-order valence-electron chi connectivity index (χ0n) is 13.5. The number of nitrogens with one attached hydrogen (secondary N) is 2. The molecule has 8 heteroatoms. The van der Waals surface area contributed by atoms with Gasteiger partial charge in [0, 0.05) is 31.0 Å². The summed E-state index contributed by atoms with van der Waals surface area (Å²) < 4.78 is 26.1. The molecule has 3 rings (SSSR count). The molecule has 2 amide bonds. The van der Waals surface area contributed by atoms with Gasteiger partial charge in [0.15, 0.2) is 0 Å². The lowest BCUT2D eigenvalue weighted by molar-refractivity contribution is -0.136. The van der Waals surface area contributed by atoms with Crippen molar-refractivity contribution in [2.24, 2.45) is 0 Å². The number of benzene rings is 1. The number of aromatic nitrogens is 2. The molecule has 6 nitrogen and oxygen atoms in total. The number of rotatable bonds is 5. The number of nitrogens with zero attached hydrogens (tertiary/aromatic N) is 2. The van der Waals surface area contributed by atoms with Crippen molar-refractivity contribution in [1.29, 1.82) is 0 Å². The van der Waals surface area contributed by atoms with Crippen LogP contribution >= 0.6 is 0 Å². The molecule has 0 unspecified atom stereocenters. The largest absolute Gasteiger partial charge is 0.347 e. The maximum atomic E-state index is 12.7. The highest BCUT2D eigenvalue weighted by Crippen LogP contribution is 2.24. The monoisotopic (exact) mass is 348 g/mol. The Morgan fingerprint density at radius 3 is 2.80 bits per heavy atom. The SMILES string of the molecule is O=C(NCCc1nccn1C(F)F)C(=O)Nc1ccc2c(c1)CCC2. The summed E-state index contributed by atoms with van der Waals surface area (Å²) in [5.74, 6) is -1.44. The highest BCUT2D eigenvalue weighted by molar-refractivity contribution is 6.39. The zero-order chi connectivity index (χ0) is 17.8. The molecule has 25 heavy (non-hydrogen) atoms. The molecule has 2 N–H and O–H groups in total. The quantitative estimate of drug-likeness (QED) is 0.812. The van der Waals surface area contributed by atoms with Gasteiger partial charge < -0.3 is 10.6 Å². The van der Waals surface area contributed by atoms with E-state index in [4.69, 9.17) is 0 Å². The van der Waals surface area contributed by atoms with Crippen molar-refractivity contribution in [3.05, 3.63) is 47.5 Å². The van der Waals surface area contributed by atoms with Gasteiger partial charge in [0.05, 0.1) is 0 Å². The first-order valence-corrected chi connectivity index (χ1v) is 8.05. The number of hydrogen-bond donors (Lipinski definition) is 2. The summed E-state index contributed by atoms with van der Waals surface area (Å²) >= 11 is 0. The third kappa shape index (κ3) is 4.01. The lowest BCUT2D eigenvalue weighted by Gasteiger charge is -2.09. The Labute approximate surface area is 143 Å². The molecule has 1 aliphatic rings. The topological polar surface area (TPSA) is 76.0 Å². The highest BCUT2D eigenvalue weighted by Gasteiger charge is 2.17. The third-order valence-electron chi connectivity index (χ3n) is 4.16. The van der Waals surface area contributed by atoms with Crippen molar-refractivity contribution in [2.75, 3.05) is 11.9 Å². The van der Waals surface area contributed by atoms with E-state index in [1.807, 2.05) is 12.1 Å². The number of halogens is 2. The summed E-state index contributed by atoms with van der Waals surface area (Å²) in [6, 6.07) is 5.61. The molecule has 0 fully saturated rings. The Bertz CT molecular complexity index is 789. The standard InChI is InChI=1S/C17H18F2N4O2/c18-17(19)23-9-8-20-14(23)6-7-21-15(24)16(25)22-13-5-4-11-2-1-3-12(11)10-13/h4-5,8-10,17H,1-3,6-7H2,(H,21,24)(H,22,25). The zero-order valence-corrected chi connectivity index (χ0v) is 13.5. The van der Waals surface area contributed by atoms with E-state index in [0.29, 0.717) is 5.69 Å². The van der Waals surface area contributed by atoms with E-state index in [9.17, 15) is 18.4 Å². The van der Waals surface area contributed by atoms with Gasteiger partial charge in [-0.05, 0) is 42.5 Å². The number of hydrogen-bond acceptors (Lipinski definition) is 3. The van der Waals surface area contributed by atoms with Crippen LogP contribution in [0.25, 0.3) is 0 Å². The van der Waals surface area contributed by atoms with E-state index >= 15 is 0 Å². The summed E-state index contributed by atoms with van der Waals surface area (Å²) in [6.07, 6.45) is 5.66. The molecule has 1 aromatic heterocycles. The van der Waals surface area contributed by atoms with Gasteiger partial charge in [-0.3, -0.25) is 14.2 Å². The van der Waals surface area contributed by atoms with Crippen LogP contribution in [0.3, 0.4) is 0 Å². The molecule has 1 aliphatic carbocycles. The van der Waals surface area contributed by atoms with Crippen LogP contribution in [0.15, 0.2) is 30.6 Å². The smallest absolute Gasteiger partial charge is 0.319 e. The average Bonchev–Trinajstić information content (AvgIpc) is 3.23. The number of carbonyl (C=O) groups excluding carboxylic acids is 2. The number of anilines is 1. The van der Waals surface area contributed by atoms with E-state index in [0.717, 1.165) is 23.8 Å². The Balaban J connectivity index is 1.49. The predicted octanol–water partition coefficient (Wildman–Crippen LogP) is 2.06. The van der Waals surface area contributed by atoms with Crippen molar-refractivity contribution in [2.45, 2.75) is 32.2 Å². The van der Waals surface area contributed by atoms with Crippen molar-refractivity contribution in [1.82, 2.24) is 14.9 Å². The van der Waals surface area contributed by atoms with Crippen LogP contribution in [0.1, 0.15) is 29.9 Å². The van der Waals surface area contributed by atoms with Crippen molar-refractivity contribution < 1.29 is 18.4 Å². The fourth-order valence-electron chi connectivity index (χ4n) is 2.92. The van der Waals surface area contributed by atoms with Crippen LogP contribution in [-0.2, 0) is 28.9 Å². The molecule has 0 radical (unpaired) electrons. The van der Waals surface area contributed by atoms with Crippen LogP contribution in [0, 0.1) is 0 Å². The second-order valence-electron chi connectivity index (χ2n) is 5.83. The predicted molar refractivity (Wildman–Crippen MR) is 87.3 cm³/mol. The molecule has 0 atom stereocenters. The second kappa shape index (κ2) is 7.42. The van der Waals surface area contributed by atoms with Gasteiger partial charge >= 0.3 is 18.4 Å². The van der Waals surface area contributed by atoms with Crippen LogP contribution < -0.4 is 10.6 Å². The highest BCUT2D eigenvalue weighted by atomic mass is 19.3. The molecule has 0 saturated carbocycles. The summed E-state index contributed by atoms with van der Waals surface area (Å²) in [6.45, 7) is -2.64. The molecule has 1 heterocycles. The Hall–Kier alpha value is -2.77. The van der Waals surface area contributed by atoms with Gasteiger partial charge in [0.25, 0.3) is 0 Å². The Morgan fingerprint density at radius 1 is 1.20 bits per heavy atom. The second-order valence-corrected chi connectivity index (χ2v) is 5.83. The van der Waals surface area contributed by atoms with Gasteiger partial charge in [0.1, 0.15) is 5.82 Å². The van der Waals surface area contributed by atoms with E-state index < -0.39 is 18.4 Å². The first kappa shape index (κ1) is 17.1. The Kier molecular flexibility index (Phi) is 5.06. The van der Waals surface area contributed by atoms with Crippen LogP contribution in [0.2, 0.25) is 0 Å². The molecule has 0 saturated heterocycles. The maximum Gasteiger partial charge on any atom is 0.319 e. The molecular formula is C17H18F2N4O2. The normalized spacial score (nSPS) is 12.9. The van der Waals surface area contributed by atoms with E-state index in [-0.39, 0.29) is 18.8 Å². The molecule has 0 bridgehead atoms. The minimum Gasteiger partial charge on any atom is -0.347 e.